The Labute approximate surface area is 170 Å². The van der Waals surface area contributed by atoms with Gasteiger partial charge in [0, 0.05) is 23.6 Å². The molecule has 150 valence electrons. The summed E-state index contributed by atoms with van der Waals surface area (Å²) in [5.74, 6) is 4.71. The first-order valence-corrected chi connectivity index (χ1v) is 9.18. The Morgan fingerprint density at radius 3 is 2.69 bits per heavy atom. The third kappa shape index (κ3) is 5.09. The number of halogens is 4. The van der Waals surface area contributed by atoms with E-state index in [1.165, 1.54) is 23.1 Å². The molecule has 1 N–H and O–H groups in total. The van der Waals surface area contributed by atoms with Crippen molar-refractivity contribution in [1.29, 1.82) is 0 Å². The Balaban J connectivity index is 1.70. The fourth-order valence-corrected chi connectivity index (χ4v) is 3.13. The number of nitrogens with zero attached hydrogens (tertiary/aromatic N) is 1. The zero-order valence-corrected chi connectivity index (χ0v) is 15.9. The zero-order chi connectivity index (χ0) is 21.0. The third-order valence-corrected chi connectivity index (χ3v) is 4.56. The van der Waals surface area contributed by atoms with E-state index in [0.717, 1.165) is 12.1 Å². The summed E-state index contributed by atoms with van der Waals surface area (Å²) in [7, 11) is 0. The lowest BCUT2D eigenvalue weighted by molar-refractivity contribution is -0.137. The van der Waals surface area contributed by atoms with Gasteiger partial charge in [-0.25, -0.2) is 0 Å². The normalized spacial score (nSPS) is 13.8. The molecule has 1 fully saturated rings. The number of alkyl halides is 3. The van der Waals surface area contributed by atoms with Crippen LogP contribution >= 0.6 is 11.6 Å². The Morgan fingerprint density at radius 2 is 2.00 bits per heavy atom. The summed E-state index contributed by atoms with van der Waals surface area (Å²) in [5.41, 5.74) is 0.132. The summed E-state index contributed by atoms with van der Waals surface area (Å²) >= 11 is 6.01. The molecule has 29 heavy (non-hydrogen) atoms. The van der Waals surface area contributed by atoms with Crippen LogP contribution in [0.2, 0.25) is 5.02 Å². The molecule has 8 heteroatoms. The zero-order valence-electron chi connectivity index (χ0n) is 15.1. The second kappa shape index (κ2) is 8.58. The number of benzene rings is 2. The predicted molar refractivity (Wildman–Crippen MR) is 104 cm³/mol. The van der Waals surface area contributed by atoms with Crippen LogP contribution in [0, 0.1) is 11.8 Å². The van der Waals surface area contributed by atoms with Gasteiger partial charge in [-0.1, -0.05) is 29.5 Å². The number of hydrogen-bond donors (Lipinski definition) is 1. The Bertz CT molecular complexity index is 1010. The summed E-state index contributed by atoms with van der Waals surface area (Å²) in [4.78, 5) is 26.1. The van der Waals surface area contributed by atoms with Crippen molar-refractivity contribution in [3.8, 4) is 11.8 Å². The van der Waals surface area contributed by atoms with E-state index in [2.05, 4.69) is 17.2 Å². The van der Waals surface area contributed by atoms with Gasteiger partial charge in [0.1, 0.15) is 0 Å². The maximum Gasteiger partial charge on any atom is 0.416 e. The summed E-state index contributed by atoms with van der Waals surface area (Å²) in [5, 5.41) is 3.00. The lowest BCUT2D eigenvalue weighted by Crippen LogP contribution is -2.29. The lowest BCUT2D eigenvalue weighted by Gasteiger charge is -2.19. The van der Waals surface area contributed by atoms with Crippen LogP contribution in [0.4, 0.5) is 18.9 Å². The van der Waals surface area contributed by atoms with Gasteiger partial charge in [0.2, 0.25) is 5.91 Å². The highest BCUT2D eigenvalue weighted by atomic mass is 35.5. The molecule has 2 amide bonds. The Morgan fingerprint density at radius 1 is 1.21 bits per heavy atom. The number of carbonyl (C=O) groups is 2. The molecule has 0 aliphatic carbocycles. The van der Waals surface area contributed by atoms with Crippen molar-refractivity contribution in [2.24, 2.45) is 0 Å². The van der Waals surface area contributed by atoms with Gasteiger partial charge in [0.05, 0.1) is 23.4 Å². The maximum atomic E-state index is 12.7. The van der Waals surface area contributed by atoms with Gasteiger partial charge < -0.3 is 10.2 Å². The van der Waals surface area contributed by atoms with Crippen LogP contribution in [0.15, 0.2) is 42.5 Å². The van der Waals surface area contributed by atoms with E-state index in [1.54, 1.807) is 12.1 Å². The number of rotatable bonds is 3. The van der Waals surface area contributed by atoms with Gasteiger partial charge in [0.25, 0.3) is 5.91 Å². The average Bonchev–Trinajstić information content (AvgIpc) is 3.10. The molecule has 0 bridgehead atoms. The minimum absolute atomic E-state index is 0.0644. The van der Waals surface area contributed by atoms with Crippen molar-refractivity contribution in [2.45, 2.75) is 19.0 Å². The molecule has 1 heterocycles. The van der Waals surface area contributed by atoms with Crippen LogP contribution < -0.4 is 10.2 Å². The molecule has 0 unspecified atom stereocenters. The van der Waals surface area contributed by atoms with E-state index in [9.17, 15) is 22.8 Å². The highest BCUT2D eigenvalue weighted by Crippen LogP contribution is 2.30. The van der Waals surface area contributed by atoms with E-state index < -0.39 is 17.6 Å². The van der Waals surface area contributed by atoms with E-state index in [-0.39, 0.29) is 23.6 Å². The molecule has 4 nitrogen and oxygen atoms in total. The highest BCUT2D eigenvalue weighted by molar-refractivity contribution is 6.31. The van der Waals surface area contributed by atoms with Crippen LogP contribution in [-0.4, -0.2) is 24.9 Å². The third-order valence-electron chi connectivity index (χ3n) is 4.33. The van der Waals surface area contributed by atoms with Crippen molar-refractivity contribution in [3.63, 3.8) is 0 Å². The van der Waals surface area contributed by atoms with Crippen molar-refractivity contribution in [1.82, 2.24) is 5.32 Å². The second-order valence-corrected chi connectivity index (χ2v) is 6.81. The number of anilines is 1. The molecule has 0 atom stereocenters. The fraction of sp³-hybridized carbons (Fsp3) is 0.238. The predicted octanol–water partition coefficient (Wildman–Crippen LogP) is 4.27. The molecular weight excluding hydrogens is 405 g/mol. The Hall–Kier alpha value is -2.98. The number of nitrogens with one attached hydrogen (secondary N) is 1. The second-order valence-electron chi connectivity index (χ2n) is 6.37. The molecule has 0 spiro atoms. The first kappa shape index (κ1) is 20.7. The van der Waals surface area contributed by atoms with Crippen LogP contribution in [0.25, 0.3) is 0 Å². The fourth-order valence-electron chi connectivity index (χ4n) is 2.96. The average molecular weight is 421 g/mol. The van der Waals surface area contributed by atoms with Crippen molar-refractivity contribution in [2.75, 3.05) is 18.0 Å². The number of amides is 2. The van der Waals surface area contributed by atoms with Gasteiger partial charge in [-0.05, 0) is 42.8 Å². The summed E-state index contributed by atoms with van der Waals surface area (Å²) in [6.07, 6.45) is -3.32. The van der Waals surface area contributed by atoms with E-state index in [0.29, 0.717) is 30.1 Å². The van der Waals surface area contributed by atoms with Gasteiger partial charge in [-0.15, -0.1) is 0 Å². The molecule has 0 saturated carbocycles. The quantitative estimate of drug-likeness (QED) is 0.754. The van der Waals surface area contributed by atoms with E-state index in [1.807, 2.05) is 0 Å². The van der Waals surface area contributed by atoms with Crippen molar-refractivity contribution < 1.29 is 22.8 Å². The monoisotopic (exact) mass is 420 g/mol. The van der Waals surface area contributed by atoms with E-state index >= 15 is 0 Å². The molecule has 0 aromatic heterocycles. The maximum absolute atomic E-state index is 12.7. The Kier molecular flexibility index (Phi) is 6.14. The number of hydrogen-bond acceptors (Lipinski definition) is 2. The van der Waals surface area contributed by atoms with Crippen LogP contribution in [0.1, 0.15) is 34.3 Å². The molecule has 2 aromatic rings. The summed E-state index contributed by atoms with van der Waals surface area (Å²) in [6.45, 7) is 0.444. The van der Waals surface area contributed by atoms with Crippen molar-refractivity contribution >= 4 is 29.1 Å². The van der Waals surface area contributed by atoms with E-state index in [4.69, 9.17) is 11.6 Å². The van der Waals surface area contributed by atoms with Crippen LogP contribution in [0.3, 0.4) is 0 Å². The molecular formula is C21H16ClF3N2O2. The first-order chi connectivity index (χ1) is 13.8. The summed E-state index contributed by atoms with van der Waals surface area (Å²) in [6, 6.07) is 9.29. The topological polar surface area (TPSA) is 49.4 Å². The minimum Gasteiger partial charge on any atom is -0.341 e. The summed E-state index contributed by atoms with van der Waals surface area (Å²) < 4.78 is 38.2. The molecule has 1 aliphatic heterocycles. The molecule has 3 rings (SSSR count). The highest BCUT2D eigenvalue weighted by Gasteiger charge is 2.30. The molecule has 1 aliphatic rings. The van der Waals surface area contributed by atoms with Crippen molar-refractivity contribution in [3.05, 3.63) is 64.2 Å². The number of carbonyl (C=O) groups excluding carboxylic acids is 2. The molecule has 1 saturated heterocycles. The smallest absolute Gasteiger partial charge is 0.341 e. The van der Waals surface area contributed by atoms with Gasteiger partial charge in [-0.2, -0.15) is 13.2 Å². The van der Waals surface area contributed by atoms with Gasteiger partial charge in [-0.3, -0.25) is 9.59 Å². The lowest BCUT2D eigenvalue weighted by atomic mass is 10.1. The first-order valence-electron chi connectivity index (χ1n) is 8.80. The van der Waals surface area contributed by atoms with Gasteiger partial charge >= 0.3 is 6.18 Å². The molecule has 2 aromatic carbocycles. The van der Waals surface area contributed by atoms with Gasteiger partial charge in [0.15, 0.2) is 0 Å². The van der Waals surface area contributed by atoms with Crippen LogP contribution in [0.5, 0.6) is 0 Å². The minimum atomic E-state index is -4.44. The largest absolute Gasteiger partial charge is 0.416 e. The standard InChI is InChI=1S/C21H16ClF3N2O2/c22-16-8-9-17(18(13-16)27-11-3-7-19(27)28)20(29)26-10-2-5-14-4-1-6-15(12-14)21(23,24)25/h1,4,6,8-9,12-13H,3,7,10-11H2,(H,26,29). The van der Waals surface area contributed by atoms with Crippen LogP contribution in [-0.2, 0) is 11.0 Å². The molecule has 0 radical (unpaired) electrons. The SMILES string of the molecule is O=C(NCC#Cc1cccc(C(F)(F)F)c1)c1ccc(Cl)cc1N1CCCC1=O.